The number of guanidine groups is 1. The molecule has 2 amide bonds. The zero-order valence-corrected chi connectivity index (χ0v) is 17.3. The summed E-state index contributed by atoms with van der Waals surface area (Å²) >= 11 is 6.13. The molecule has 25 heavy (non-hydrogen) atoms. The zero-order chi connectivity index (χ0) is 17.4. The lowest BCUT2D eigenvalue weighted by Crippen LogP contribution is -2.46. The van der Waals surface area contributed by atoms with Crippen LogP contribution >= 0.6 is 35.6 Å². The molecule has 0 saturated carbocycles. The highest BCUT2D eigenvalue weighted by atomic mass is 127. The van der Waals surface area contributed by atoms with Crippen molar-refractivity contribution in [1.82, 2.24) is 15.5 Å². The van der Waals surface area contributed by atoms with Crippen LogP contribution in [0, 0.1) is 0 Å². The summed E-state index contributed by atoms with van der Waals surface area (Å²) in [5.41, 5.74) is 1.08. The van der Waals surface area contributed by atoms with Crippen LogP contribution in [0.2, 0.25) is 5.02 Å². The van der Waals surface area contributed by atoms with Gasteiger partial charge in [0.15, 0.2) is 5.96 Å². The van der Waals surface area contributed by atoms with Crippen LogP contribution in [0.4, 0.5) is 0 Å². The van der Waals surface area contributed by atoms with Gasteiger partial charge in [0.1, 0.15) is 0 Å². The molecule has 1 saturated heterocycles. The Morgan fingerprint density at radius 2 is 1.80 bits per heavy atom. The first kappa shape index (κ1) is 21.7. The van der Waals surface area contributed by atoms with Gasteiger partial charge in [-0.3, -0.25) is 19.5 Å². The van der Waals surface area contributed by atoms with Crippen molar-refractivity contribution in [3.63, 3.8) is 0 Å². The van der Waals surface area contributed by atoms with E-state index in [0.717, 1.165) is 17.0 Å². The van der Waals surface area contributed by atoms with E-state index in [-0.39, 0.29) is 35.8 Å². The number of carbonyl (C=O) groups excluding carboxylic acids is 2. The summed E-state index contributed by atoms with van der Waals surface area (Å²) in [7, 11) is 1.68. The quantitative estimate of drug-likeness (QED) is 0.285. The Kier molecular flexibility index (Phi) is 9.81. The van der Waals surface area contributed by atoms with Gasteiger partial charge < -0.3 is 10.6 Å². The SMILES string of the molecule is CN=C(NCCc1ccccc1Cl)NCCN1C(=O)CCCC1=O.I. The summed E-state index contributed by atoms with van der Waals surface area (Å²) in [6.45, 7) is 1.52. The molecule has 0 aliphatic carbocycles. The van der Waals surface area contributed by atoms with Gasteiger partial charge in [-0.2, -0.15) is 0 Å². The Bertz CT molecular complexity index is 608. The van der Waals surface area contributed by atoms with E-state index in [1.807, 2.05) is 24.3 Å². The van der Waals surface area contributed by atoms with Crippen molar-refractivity contribution >= 4 is 53.4 Å². The number of rotatable bonds is 6. The molecule has 6 nitrogen and oxygen atoms in total. The van der Waals surface area contributed by atoms with Gasteiger partial charge in [-0.1, -0.05) is 29.8 Å². The summed E-state index contributed by atoms with van der Waals surface area (Å²) in [5.74, 6) is 0.461. The molecular formula is C17H24ClIN4O2. The van der Waals surface area contributed by atoms with E-state index in [1.165, 1.54) is 4.90 Å². The number of halogens is 2. The van der Waals surface area contributed by atoms with E-state index in [2.05, 4.69) is 15.6 Å². The number of aliphatic imine (C=N–C) groups is 1. The number of likely N-dealkylation sites (tertiary alicyclic amines) is 1. The lowest BCUT2D eigenvalue weighted by molar-refractivity contribution is -0.147. The third-order valence-corrected chi connectivity index (χ3v) is 4.25. The van der Waals surface area contributed by atoms with Crippen LogP contribution in [0.1, 0.15) is 24.8 Å². The lowest BCUT2D eigenvalue weighted by Gasteiger charge is -2.25. The predicted molar refractivity (Wildman–Crippen MR) is 111 cm³/mol. The molecule has 2 rings (SSSR count). The summed E-state index contributed by atoms with van der Waals surface area (Å²) < 4.78 is 0. The number of nitrogens with one attached hydrogen (secondary N) is 2. The van der Waals surface area contributed by atoms with Crippen LogP contribution in [0.15, 0.2) is 29.3 Å². The van der Waals surface area contributed by atoms with Crippen molar-refractivity contribution in [2.45, 2.75) is 25.7 Å². The number of piperidine rings is 1. The molecule has 0 unspecified atom stereocenters. The molecule has 1 heterocycles. The number of imide groups is 1. The minimum Gasteiger partial charge on any atom is -0.356 e. The minimum absolute atomic E-state index is 0. The van der Waals surface area contributed by atoms with Crippen LogP contribution in [-0.2, 0) is 16.0 Å². The fourth-order valence-corrected chi connectivity index (χ4v) is 2.80. The second-order valence-electron chi connectivity index (χ2n) is 5.56. The second-order valence-corrected chi connectivity index (χ2v) is 5.97. The van der Waals surface area contributed by atoms with Crippen LogP contribution in [-0.4, -0.2) is 49.4 Å². The smallest absolute Gasteiger partial charge is 0.229 e. The molecule has 8 heteroatoms. The maximum atomic E-state index is 11.7. The van der Waals surface area contributed by atoms with Gasteiger partial charge >= 0.3 is 0 Å². The second kappa shape index (κ2) is 11.3. The molecule has 0 spiro atoms. The lowest BCUT2D eigenvalue weighted by atomic mass is 10.1. The van der Waals surface area contributed by atoms with E-state index in [4.69, 9.17) is 11.6 Å². The van der Waals surface area contributed by atoms with Gasteiger partial charge in [-0.05, 0) is 24.5 Å². The van der Waals surface area contributed by atoms with Crippen LogP contribution in [0.25, 0.3) is 0 Å². The molecule has 1 aromatic carbocycles. The van der Waals surface area contributed by atoms with E-state index >= 15 is 0 Å². The standard InChI is InChI=1S/C17H23ClN4O2.HI/c1-19-17(20-10-9-13-5-2-3-6-14(13)18)21-11-12-22-15(23)7-4-8-16(22)24;/h2-3,5-6H,4,7-12H2,1H3,(H2,19,20,21);1H. The molecule has 0 radical (unpaired) electrons. The Morgan fingerprint density at radius 1 is 1.16 bits per heavy atom. The predicted octanol–water partition coefficient (Wildman–Crippen LogP) is 2.20. The highest BCUT2D eigenvalue weighted by molar-refractivity contribution is 14.0. The van der Waals surface area contributed by atoms with Gasteiger partial charge in [0.2, 0.25) is 11.8 Å². The first-order chi connectivity index (χ1) is 11.6. The number of benzene rings is 1. The third kappa shape index (κ3) is 6.81. The number of hydrogen-bond acceptors (Lipinski definition) is 3. The Balaban J connectivity index is 0.00000312. The van der Waals surface area contributed by atoms with Crippen molar-refractivity contribution < 1.29 is 9.59 Å². The average molecular weight is 479 g/mol. The maximum Gasteiger partial charge on any atom is 0.229 e. The van der Waals surface area contributed by atoms with E-state index in [9.17, 15) is 9.59 Å². The first-order valence-corrected chi connectivity index (χ1v) is 8.50. The van der Waals surface area contributed by atoms with Crippen LogP contribution < -0.4 is 10.6 Å². The molecule has 1 aromatic rings. The monoisotopic (exact) mass is 478 g/mol. The fourth-order valence-electron chi connectivity index (χ4n) is 2.57. The van der Waals surface area contributed by atoms with Crippen molar-refractivity contribution in [2.24, 2.45) is 4.99 Å². The average Bonchev–Trinajstić information content (AvgIpc) is 2.57. The Labute approximate surface area is 170 Å². The summed E-state index contributed by atoms with van der Waals surface area (Å²) in [6, 6.07) is 7.73. The van der Waals surface area contributed by atoms with Gasteiger partial charge in [-0.15, -0.1) is 24.0 Å². The molecule has 0 aromatic heterocycles. The maximum absolute atomic E-state index is 11.7. The topological polar surface area (TPSA) is 73.8 Å². The van der Waals surface area contributed by atoms with E-state index in [0.29, 0.717) is 44.9 Å². The molecule has 0 bridgehead atoms. The van der Waals surface area contributed by atoms with Crippen LogP contribution in [0.3, 0.4) is 0 Å². The number of amides is 2. The number of nitrogens with zero attached hydrogens (tertiary/aromatic N) is 2. The van der Waals surface area contributed by atoms with Crippen molar-refractivity contribution in [3.8, 4) is 0 Å². The molecule has 2 N–H and O–H groups in total. The fraction of sp³-hybridized carbons (Fsp3) is 0.471. The Hall–Kier alpha value is -1.35. The molecule has 0 atom stereocenters. The number of hydrogen-bond donors (Lipinski definition) is 2. The number of carbonyl (C=O) groups is 2. The van der Waals surface area contributed by atoms with Gasteiger partial charge in [0.25, 0.3) is 0 Å². The van der Waals surface area contributed by atoms with E-state index in [1.54, 1.807) is 7.05 Å². The van der Waals surface area contributed by atoms with Gasteiger partial charge in [-0.25, -0.2) is 0 Å². The summed E-state index contributed by atoms with van der Waals surface area (Å²) in [6.07, 6.45) is 2.35. The third-order valence-electron chi connectivity index (χ3n) is 3.88. The Morgan fingerprint density at radius 3 is 2.44 bits per heavy atom. The highest BCUT2D eigenvalue weighted by Gasteiger charge is 2.25. The highest BCUT2D eigenvalue weighted by Crippen LogP contribution is 2.14. The first-order valence-electron chi connectivity index (χ1n) is 8.13. The van der Waals surface area contributed by atoms with Gasteiger partial charge in [0, 0.05) is 44.5 Å². The molecular weight excluding hydrogens is 455 g/mol. The van der Waals surface area contributed by atoms with Gasteiger partial charge in [0.05, 0.1) is 0 Å². The van der Waals surface area contributed by atoms with Crippen molar-refractivity contribution in [1.29, 1.82) is 0 Å². The van der Waals surface area contributed by atoms with Crippen molar-refractivity contribution in [2.75, 3.05) is 26.7 Å². The molecule has 1 aliphatic rings. The normalized spacial score (nSPS) is 15.0. The zero-order valence-electron chi connectivity index (χ0n) is 14.3. The largest absolute Gasteiger partial charge is 0.356 e. The summed E-state index contributed by atoms with van der Waals surface area (Å²) in [4.78, 5) is 28.9. The minimum atomic E-state index is -0.0882. The molecule has 1 fully saturated rings. The summed E-state index contributed by atoms with van der Waals surface area (Å²) in [5, 5.41) is 7.07. The molecule has 1 aliphatic heterocycles. The van der Waals surface area contributed by atoms with Crippen molar-refractivity contribution in [3.05, 3.63) is 34.9 Å². The van der Waals surface area contributed by atoms with E-state index < -0.39 is 0 Å². The molecule has 138 valence electrons. The van der Waals surface area contributed by atoms with Crippen LogP contribution in [0.5, 0.6) is 0 Å².